The van der Waals surface area contributed by atoms with Crippen molar-refractivity contribution in [2.75, 3.05) is 6.54 Å². The summed E-state index contributed by atoms with van der Waals surface area (Å²) in [6.07, 6.45) is 0. The maximum atomic E-state index is 12.6. The molecule has 0 unspecified atom stereocenters. The molecular weight excluding hydrogens is 372 g/mol. The van der Waals surface area contributed by atoms with Gasteiger partial charge >= 0.3 is 5.76 Å². The zero-order valence-corrected chi connectivity index (χ0v) is 14.9. The number of carbonyl (C=O) groups excluding carboxylic acids is 1. The molecule has 0 atom stereocenters. The Hall–Kier alpha value is -1.99. The van der Waals surface area contributed by atoms with E-state index in [-0.39, 0.29) is 18.0 Å². The summed E-state index contributed by atoms with van der Waals surface area (Å²) in [5.74, 6) is -3.84. The van der Waals surface area contributed by atoms with E-state index in [4.69, 9.17) is 11.6 Å². The molecule has 0 aliphatic carbocycles. The molecule has 0 saturated heterocycles. The fourth-order valence-corrected chi connectivity index (χ4v) is 3.15. The molecule has 0 spiro atoms. The van der Waals surface area contributed by atoms with Crippen molar-refractivity contribution in [1.82, 2.24) is 4.90 Å². The topological polar surface area (TPSA) is 54.5 Å². The summed E-state index contributed by atoms with van der Waals surface area (Å²) >= 11 is 6.10. The number of nitrogens with zero attached hydrogens (tertiary/aromatic N) is 1. The minimum Gasteiger partial charge on any atom is -0.335 e. The molecule has 4 nitrogen and oxygen atoms in total. The fraction of sp³-hybridized carbons (Fsp3) is 0.235. The van der Waals surface area contributed by atoms with Gasteiger partial charge in [-0.3, -0.25) is 4.79 Å². The standard InChI is InChI=1S/C17H16ClF2NO3S/c1-2-21(11-13-5-3-4-6-15(13)18)16(22)12-7-9-14(10-8-12)25(23,24)17(19)20/h3-10,17H,2,11H2,1H3. The summed E-state index contributed by atoms with van der Waals surface area (Å²) in [4.78, 5) is 13.6. The summed E-state index contributed by atoms with van der Waals surface area (Å²) in [6.45, 7) is 2.48. The predicted octanol–water partition coefficient (Wildman–Crippen LogP) is 4.00. The molecule has 25 heavy (non-hydrogen) atoms. The molecule has 0 saturated carbocycles. The molecule has 0 bridgehead atoms. The van der Waals surface area contributed by atoms with Gasteiger partial charge < -0.3 is 4.90 Å². The van der Waals surface area contributed by atoms with E-state index in [0.717, 1.165) is 17.7 Å². The molecular formula is C17H16ClF2NO3S. The number of amides is 1. The lowest BCUT2D eigenvalue weighted by atomic mass is 10.1. The third kappa shape index (κ3) is 4.35. The number of alkyl halides is 2. The predicted molar refractivity (Wildman–Crippen MR) is 91.5 cm³/mol. The first kappa shape index (κ1) is 19.3. The molecule has 0 fully saturated rings. The highest BCUT2D eigenvalue weighted by molar-refractivity contribution is 7.91. The first-order chi connectivity index (χ1) is 11.8. The first-order valence-corrected chi connectivity index (χ1v) is 9.34. The minimum absolute atomic E-state index is 0.210. The Morgan fingerprint density at radius 1 is 1.12 bits per heavy atom. The second-order valence-corrected chi connectivity index (χ2v) is 7.57. The van der Waals surface area contributed by atoms with Crippen molar-refractivity contribution in [2.24, 2.45) is 0 Å². The van der Waals surface area contributed by atoms with Gasteiger partial charge in [-0.05, 0) is 42.8 Å². The third-order valence-corrected chi connectivity index (χ3v) is 5.42. The summed E-state index contributed by atoms with van der Waals surface area (Å²) in [5.41, 5.74) is 0.985. The van der Waals surface area contributed by atoms with E-state index in [1.54, 1.807) is 25.1 Å². The molecule has 0 aliphatic rings. The Morgan fingerprint density at radius 3 is 2.24 bits per heavy atom. The van der Waals surface area contributed by atoms with Gasteiger partial charge in [0.1, 0.15) is 0 Å². The highest BCUT2D eigenvalue weighted by Crippen LogP contribution is 2.21. The van der Waals surface area contributed by atoms with Gasteiger partial charge in [-0.2, -0.15) is 8.78 Å². The van der Waals surface area contributed by atoms with Gasteiger partial charge in [-0.25, -0.2) is 8.42 Å². The van der Waals surface area contributed by atoms with Gasteiger partial charge in [0.05, 0.1) is 4.90 Å². The number of hydrogen-bond donors (Lipinski definition) is 0. The van der Waals surface area contributed by atoms with Crippen molar-refractivity contribution >= 4 is 27.3 Å². The van der Waals surface area contributed by atoms with E-state index in [2.05, 4.69) is 0 Å². The number of carbonyl (C=O) groups is 1. The van der Waals surface area contributed by atoms with Gasteiger partial charge in [0.15, 0.2) is 0 Å². The van der Waals surface area contributed by atoms with Crippen LogP contribution in [0.25, 0.3) is 0 Å². The van der Waals surface area contributed by atoms with Crippen molar-refractivity contribution in [3.8, 4) is 0 Å². The zero-order chi connectivity index (χ0) is 18.6. The van der Waals surface area contributed by atoms with Crippen LogP contribution in [0.2, 0.25) is 5.02 Å². The van der Waals surface area contributed by atoms with E-state index in [0.29, 0.717) is 11.6 Å². The number of halogens is 3. The van der Waals surface area contributed by atoms with Crippen LogP contribution in [-0.2, 0) is 16.4 Å². The molecule has 0 aliphatic heterocycles. The highest BCUT2D eigenvalue weighted by Gasteiger charge is 2.26. The smallest absolute Gasteiger partial charge is 0.335 e. The Balaban J connectivity index is 2.22. The lowest BCUT2D eigenvalue weighted by Gasteiger charge is -2.21. The quantitative estimate of drug-likeness (QED) is 0.752. The Morgan fingerprint density at radius 2 is 1.72 bits per heavy atom. The molecule has 134 valence electrons. The van der Waals surface area contributed by atoms with Gasteiger partial charge in [0.2, 0.25) is 9.84 Å². The van der Waals surface area contributed by atoms with E-state index in [1.807, 2.05) is 6.07 Å². The average molecular weight is 388 g/mol. The van der Waals surface area contributed by atoms with Crippen LogP contribution in [-0.4, -0.2) is 31.5 Å². The van der Waals surface area contributed by atoms with Crippen molar-refractivity contribution in [1.29, 1.82) is 0 Å². The van der Waals surface area contributed by atoms with Crippen LogP contribution in [0.5, 0.6) is 0 Å². The normalized spacial score (nSPS) is 11.6. The van der Waals surface area contributed by atoms with Crippen molar-refractivity contribution in [3.05, 3.63) is 64.7 Å². The second-order valence-electron chi connectivity index (χ2n) is 5.24. The number of hydrogen-bond acceptors (Lipinski definition) is 3. The lowest BCUT2D eigenvalue weighted by Crippen LogP contribution is -2.30. The maximum absolute atomic E-state index is 12.6. The fourth-order valence-electron chi connectivity index (χ4n) is 2.23. The van der Waals surface area contributed by atoms with E-state index in [9.17, 15) is 22.0 Å². The van der Waals surface area contributed by atoms with Crippen LogP contribution >= 0.6 is 11.6 Å². The highest BCUT2D eigenvalue weighted by atomic mass is 35.5. The Labute approximate surface area is 149 Å². The number of benzene rings is 2. The molecule has 0 aromatic heterocycles. The van der Waals surface area contributed by atoms with Crippen molar-refractivity contribution in [2.45, 2.75) is 24.1 Å². The van der Waals surface area contributed by atoms with E-state index in [1.165, 1.54) is 17.0 Å². The van der Waals surface area contributed by atoms with Crippen LogP contribution in [0.1, 0.15) is 22.8 Å². The molecule has 0 heterocycles. The summed E-state index contributed by atoms with van der Waals surface area (Å²) in [5, 5.41) is 0.534. The van der Waals surface area contributed by atoms with Crippen LogP contribution in [0.3, 0.4) is 0 Å². The molecule has 0 N–H and O–H groups in total. The SMILES string of the molecule is CCN(Cc1ccccc1Cl)C(=O)c1ccc(S(=O)(=O)C(F)F)cc1. The van der Waals surface area contributed by atoms with Gasteiger partial charge in [0.25, 0.3) is 5.91 Å². The van der Waals surface area contributed by atoms with Gasteiger partial charge in [-0.1, -0.05) is 29.8 Å². The molecule has 1 amide bonds. The molecule has 2 rings (SSSR count). The third-order valence-electron chi connectivity index (χ3n) is 3.65. The van der Waals surface area contributed by atoms with Gasteiger partial charge in [0, 0.05) is 23.7 Å². The maximum Gasteiger partial charge on any atom is 0.341 e. The van der Waals surface area contributed by atoms with E-state index >= 15 is 0 Å². The van der Waals surface area contributed by atoms with Crippen molar-refractivity contribution < 1.29 is 22.0 Å². The molecule has 2 aromatic carbocycles. The Kier molecular flexibility index (Phi) is 6.13. The minimum atomic E-state index is -4.68. The van der Waals surface area contributed by atoms with E-state index < -0.39 is 20.5 Å². The lowest BCUT2D eigenvalue weighted by molar-refractivity contribution is 0.0752. The van der Waals surface area contributed by atoms with Crippen LogP contribution in [0, 0.1) is 0 Å². The number of rotatable bonds is 6. The summed E-state index contributed by atoms with van der Waals surface area (Å²) in [6, 6.07) is 11.6. The largest absolute Gasteiger partial charge is 0.341 e. The van der Waals surface area contributed by atoms with Crippen molar-refractivity contribution in [3.63, 3.8) is 0 Å². The second kappa shape index (κ2) is 7.93. The molecule has 0 radical (unpaired) electrons. The molecule has 8 heteroatoms. The van der Waals surface area contributed by atoms with Crippen LogP contribution in [0.15, 0.2) is 53.4 Å². The van der Waals surface area contributed by atoms with Crippen LogP contribution in [0.4, 0.5) is 8.78 Å². The van der Waals surface area contributed by atoms with Gasteiger partial charge in [-0.15, -0.1) is 0 Å². The summed E-state index contributed by atoms with van der Waals surface area (Å²) < 4.78 is 47.9. The first-order valence-electron chi connectivity index (χ1n) is 7.42. The Bertz CT molecular complexity index is 854. The molecule has 2 aromatic rings. The number of sulfone groups is 1. The van der Waals surface area contributed by atoms with Crippen LogP contribution < -0.4 is 0 Å². The zero-order valence-electron chi connectivity index (χ0n) is 13.3. The summed E-state index contributed by atoms with van der Waals surface area (Å²) in [7, 11) is -4.68. The monoisotopic (exact) mass is 387 g/mol. The average Bonchev–Trinajstić information content (AvgIpc) is 2.60.